The Bertz CT molecular complexity index is 1550. The van der Waals surface area contributed by atoms with E-state index in [4.69, 9.17) is 14.2 Å². The molecule has 0 radical (unpaired) electrons. The number of methoxy groups -OCH3 is 2. The van der Waals surface area contributed by atoms with Crippen molar-refractivity contribution >= 4 is 17.2 Å². The number of anilines is 2. The Balaban J connectivity index is 0.00000268. The summed E-state index contributed by atoms with van der Waals surface area (Å²) in [6.45, 7) is 14.6. The van der Waals surface area contributed by atoms with E-state index < -0.39 is 4.92 Å². The molecule has 0 unspecified atom stereocenters. The van der Waals surface area contributed by atoms with Crippen LogP contribution in [0.5, 0.6) is 23.1 Å². The van der Waals surface area contributed by atoms with Crippen LogP contribution in [0.4, 0.5) is 17.2 Å². The van der Waals surface area contributed by atoms with Gasteiger partial charge in [-0.2, -0.15) is 10.2 Å². The van der Waals surface area contributed by atoms with E-state index in [9.17, 15) is 15.4 Å². The molecule has 0 atom stereocenters. The number of nitrogens with zero attached hydrogens (tertiary/aromatic N) is 4. The number of aromatic nitrogens is 1. The van der Waals surface area contributed by atoms with Crippen molar-refractivity contribution in [1.82, 2.24) is 4.98 Å². The van der Waals surface area contributed by atoms with Crippen molar-refractivity contribution in [2.24, 2.45) is 0 Å². The lowest BCUT2D eigenvalue weighted by Crippen LogP contribution is -2.24. The molecular formula is C39H51N5O5. The highest BCUT2D eigenvalue weighted by atomic mass is 16.6. The van der Waals surface area contributed by atoms with Crippen LogP contribution in [0.1, 0.15) is 70.7 Å². The van der Waals surface area contributed by atoms with Crippen LogP contribution in [-0.2, 0) is 19.5 Å². The van der Waals surface area contributed by atoms with Crippen LogP contribution >= 0.6 is 0 Å². The van der Waals surface area contributed by atoms with Gasteiger partial charge in [0.05, 0.1) is 30.8 Å². The minimum absolute atomic E-state index is 0.148. The second-order valence-corrected chi connectivity index (χ2v) is 9.13. The summed E-state index contributed by atoms with van der Waals surface area (Å²) in [4.78, 5) is 18.5. The van der Waals surface area contributed by atoms with Crippen molar-refractivity contribution in [2.45, 2.75) is 68.0 Å². The molecule has 49 heavy (non-hydrogen) atoms. The van der Waals surface area contributed by atoms with Crippen LogP contribution in [0, 0.1) is 34.3 Å². The second kappa shape index (κ2) is 24.4. The van der Waals surface area contributed by atoms with Gasteiger partial charge in [-0.15, -0.1) is 12.8 Å². The highest BCUT2D eigenvalue weighted by molar-refractivity contribution is 5.75. The van der Waals surface area contributed by atoms with Gasteiger partial charge in [-0.25, -0.2) is 0 Å². The molecule has 1 heterocycles. The van der Waals surface area contributed by atoms with Crippen LogP contribution in [0.15, 0.2) is 72.8 Å². The number of nitro groups is 1. The van der Waals surface area contributed by atoms with Crippen molar-refractivity contribution in [3.8, 4) is 42.0 Å². The lowest BCUT2D eigenvalue weighted by molar-refractivity contribution is -0.383. The molecule has 1 N–H and O–H groups in total. The molecule has 0 spiro atoms. The van der Waals surface area contributed by atoms with Crippen molar-refractivity contribution in [3.63, 3.8) is 0 Å². The predicted octanol–water partition coefficient (Wildman–Crippen LogP) is 9.81. The predicted molar refractivity (Wildman–Crippen MR) is 201 cm³/mol. The monoisotopic (exact) mass is 669 g/mol. The third-order valence-electron chi connectivity index (χ3n) is 6.55. The van der Waals surface area contributed by atoms with Gasteiger partial charge in [0.1, 0.15) is 22.9 Å². The Morgan fingerprint density at radius 2 is 1.35 bits per heavy atom. The summed E-state index contributed by atoms with van der Waals surface area (Å²) in [5, 5.41) is 24.6. The number of nitriles is 1. The van der Waals surface area contributed by atoms with E-state index in [-0.39, 0.29) is 23.1 Å². The largest absolute Gasteiger partial charge is 0.497 e. The lowest BCUT2D eigenvalue weighted by atomic mass is 10.1. The average molecular weight is 670 g/mol. The number of rotatable bonds is 12. The van der Waals surface area contributed by atoms with E-state index in [1.807, 2.05) is 102 Å². The van der Waals surface area contributed by atoms with Gasteiger partial charge in [-0.1, -0.05) is 72.7 Å². The van der Waals surface area contributed by atoms with E-state index in [0.29, 0.717) is 42.3 Å². The van der Waals surface area contributed by atoms with E-state index >= 15 is 0 Å². The van der Waals surface area contributed by atoms with Gasteiger partial charge < -0.3 is 24.4 Å². The van der Waals surface area contributed by atoms with Crippen molar-refractivity contribution < 1.29 is 19.1 Å². The Hall–Kier alpha value is -5.74. The summed E-state index contributed by atoms with van der Waals surface area (Å²) < 4.78 is 16.8. The smallest absolute Gasteiger partial charge is 0.334 e. The van der Waals surface area contributed by atoms with E-state index in [1.54, 1.807) is 39.5 Å². The van der Waals surface area contributed by atoms with Gasteiger partial charge in [-0.3, -0.25) is 10.1 Å². The fraction of sp³-hybridized carbons (Fsp3) is 0.333. The van der Waals surface area contributed by atoms with Crippen molar-refractivity contribution in [3.05, 3.63) is 105 Å². The fourth-order valence-corrected chi connectivity index (χ4v) is 4.39. The highest BCUT2D eigenvalue weighted by Gasteiger charge is 2.28. The van der Waals surface area contributed by atoms with Crippen LogP contribution in [0.25, 0.3) is 0 Å². The zero-order chi connectivity index (χ0) is 37.4. The first kappa shape index (κ1) is 43.3. The molecule has 262 valence electrons. The zero-order valence-electron chi connectivity index (χ0n) is 30.5. The van der Waals surface area contributed by atoms with Gasteiger partial charge >= 0.3 is 5.69 Å². The van der Waals surface area contributed by atoms with Crippen LogP contribution in [-0.4, -0.2) is 31.2 Å². The summed E-state index contributed by atoms with van der Waals surface area (Å²) in [5.74, 6) is 2.28. The third kappa shape index (κ3) is 12.8. The number of aryl methyl sites for hydroxylation is 1. The Morgan fingerprint density at radius 3 is 1.73 bits per heavy atom. The molecule has 4 rings (SSSR count). The number of ether oxygens (including phenoxy) is 3. The minimum Gasteiger partial charge on any atom is -0.497 e. The number of hydrogen-bond acceptors (Lipinski definition) is 9. The normalized spacial score (nSPS) is 9.12. The highest BCUT2D eigenvalue weighted by Crippen LogP contribution is 2.40. The Labute approximate surface area is 292 Å². The first-order valence-electron chi connectivity index (χ1n) is 16.3. The van der Waals surface area contributed by atoms with Crippen LogP contribution in [0.2, 0.25) is 0 Å². The summed E-state index contributed by atoms with van der Waals surface area (Å²) in [6.07, 6.45) is 8.63. The third-order valence-corrected chi connectivity index (χ3v) is 6.55. The number of pyridine rings is 1. The molecule has 0 saturated heterocycles. The van der Waals surface area contributed by atoms with E-state index in [2.05, 4.69) is 29.2 Å². The van der Waals surface area contributed by atoms with Crippen molar-refractivity contribution in [1.29, 1.82) is 5.26 Å². The van der Waals surface area contributed by atoms with Crippen LogP contribution < -0.4 is 24.4 Å². The first-order valence-corrected chi connectivity index (χ1v) is 16.3. The molecule has 0 aliphatic carbocycles. The maximum Gasteiger partial charge on any atom is 0.334 e. The molecule has 10 nitrogen and oxygen atoms in total. The summed E-state index contributed by atoms with van der Waals surface area (Å²) in [6, 6.07) is 23.8. The summed E-state index contributed by atoms with van der Waals surface area (Å²) >= 11 is 0. The van der Waals surface area contributed by atoms with E-state index in [1.165, 1.54) is 6.07 Å². The maximum absolute atomic E-state index is 12.4. The van der Waals surface area contributed by atoms with Gasteiger partial charge in [-0.05, 0) is 65.6 Å². The molecule has 10 heteroatoms. The Morgan fingerprint density at radius 1 is 0.857 bits per heavy atom. The van der Waals surface area contributed by atoms with E-state index in [0.717, 1.165) is 16.7 Å². The van der Waals surface area contributed by atoms with Gasteiger partial charge in [0, 0.05) is 26.2 Å². The molecule has 0 fully saturated rings. The molecule has 0 aliphatic rings. The van der Waals surface area contributed by atoms with Crippen molar-refractivity contribution in [2.75, 3.05) is 31.5 Å². The zero-order valence-corrected chi connectivity index (χ0v) is 30.5. The number of benzene rings is 3. The van der Waals surface area contributed by atoms with Gasteiger partial charge in [0.2, 0.25) is 11.7 Å². The molecule has 0 amide bonds. The molecule has 0 bridgehead atoms. The van der Waals surface area contributed by atoms with Gasteiger partial charge in [0.15, 0.2) is 0 Å². The lowest BCUT2D eigenvalue weighted by Gasteiger charge is -2.25. The van der Waals surface area contributed by atoms with Crippen LogP contribution in [0.3, 0.4) is 0 Å². The Kier molecular flexibility index (Phi) is 21.6. The first-order chi connectivity index (χ1) is 23.9. The topological polar surface area (TPSA) is 123 Å². The molecule has 0 aliphatic heterocycles. The second-order valence-electron chi connectivity index (χ2n) is 9.13. The SMILES string of the molecule is C#C.CC.CC.CC.CCc1cc(C#N)ccc1Oc1cc(NC)c([N+](=O)[O-])c(N(Cc2ccc(OC)cc2)Cc2ccc(OC)cc2)n1. The number of hydrogen-bond donors (Lipinski definition) is 1. The fourth-order valence-electron chi connectivity index (χ4n) is 4.39. The molecule has 1 aromatic heterocycles. The number of terminal acetylenes is 1. The van der Waals surface area contributed by atoms with Gasteiger partial charge in [0.25, 0.3) is 0 Å². The average Bonchev–Trinajstić information content (AvgIpc) is 3.18. The molecule has 0 saturated carbocycles. The standard InChI is InChI=1S/C31H31N5O5.3C2H6.C2H2/c1-5-24-16-23(18-32)10-15-28(24)41-29-17-27(33-2)30(36(37)38)31(34-29)35(19-21-6-11-25(39-3)12-7-21)20-22-8-13-26(40-4)14-9-22;4*1-2/h6-17H,5,19-20H2,1-4H3,(H,33,34);3*1-2H3;1-2H. The molecular weight excluding hydrogens is 618 g/mol. The summed E-state index contributed by atoms with van der Waals surface area (Å²) in [5.41, 5.74) is 3.26. The maximum atomic E-state index is 12.4. The molecule has 3 aromatic carbocycles. The minimum atomic E-state index is -0.438. The molecule has 4 aromatic rings. The number of nitrogens with one attached hydrogen (secondary N) is 1. The quantitative estimate of drug-likeness (QED) is 0.0892. The summed E-state index contributed by atoms with van der Waals surface area (Å²) in [7, 11) is 4.81.